The number of nitrogens with one attached hydrogen (secondary N) is 1. The van der Waals surface area contributed by atoms with Crippen LogP contribution < -0.4 is 16.1 Å². The van der Waals surface area contributed by atoms with Gasteiger partial charge < -0.3 is 5.11 Å². The number of benzene rings is 2. The molecule has 2 aromatic rings. The number of aromatic carboxylic acids is 1. The van der Waals surface area contributed by atoms with Crippen molar-refractivity contribution < 1.29 is 39.3 Å². The first-order valence-electron chi connectivity index (χ1n) is 10.9. The number of hydroxylamine groups is 1. The average Bonchev–Trinajstić information content (AvgIpc) is 2.97. The van der Waals surface area contributed by atoms with Gasteiger partial charge in [-0.3, -0.25) is 0 Å². The molecule has 3 atom stereocenters. The van der Waals surface area contributed by atoms with Crippen LogP contribution in [0.5, 0.6) is 11.5 Å². The van der Waals surface area contributed by atoms with E-state index in [2.05, 4.69) is 5.48 Å². The van der Waals surface area contributed by atoms with E-state index in [1.165, 1.54) is 42.5 Å². The van der Waals surface area contributed by atoms with E-state index in [-0.39, 0.29) is 54.4 Å². The summed E-state index contributed by atoms with van der Waals surface area (Å²) in [6.45, 7) is 3.22. The zero-order valence-electron chi connectivity index (χ0n) is 19.6. The molecule has 0 aliphatic carbocycles. The fourth-order valence-corrected chi connectivity index (χ4v) is 7.18. The summed E-state index contributed by atoms with van der Waals surface area (Å²) in [5.41, 5.74) is 7.05. The zero-order chi connectivity index (χ0) is 26.6. The number of aromatic hydroxyl groups is 1. The topological polar surface area (TPSA) is 179 Å². The van der Waals surface area contributed by atoms with Gasteiger partial charge in [-0.2, -0.15) is 0 Å². The minimum absolute atomic E-state index is 0.109. The van der Waals surface area contributed by atoms with E-state index in [9.17, 15) is 34.5 Å². The number of para-hydroxylation sites is 1. The SMILES string of the molecule is CC1(C)SC2(c3cc(O)ccc3C(N)[C](=O)[Na])CC(=O)N2C1(NOc1ccccc1C(=O)O)C(=O)O. The van der Waals surface area contributed by atoms with Crippen molar-refractivity contribution in [3.8, 4) is 11.5 Å². The molecule has 1 amide bonds. The number of carbonyl (C=O) groups is 4. The van der Waals surface area contributed by atoms with Crippen molar-refractivity contribution in [2.75, 3.05) is 0 Å². The van der Waals surface area contributed by atoms with Crippen LogP contribution in [0.15, 0.2) is 42.5 Å². The van der Waals surface area contributed by atoms with Crippen molar-refractivity contribution in [3.63, 3.8) is 0 Å². The number of carboxylic acid groups (broad SMARTS) is 2. The molecule has 0 aromatic heterocycles. The van der Waals surface area contributed by atoms with Crippen LogP contribution in [-0.2, 0) is 19.3 Å². The van der Waals surface area contributed by atoms with E-state index in [0.717, 1.165) is 16.7 Å². The number of aliphatic carboxylic acids is 1. The summed E-state index contributed by atoms with van der Waals surface area (Å²) < 4.78 is -1.46. The molecule has 0 spiro atoms. The first-order valence-corrected chi connectivity index (χ1v) is 12.7. The van der Waals surface area contributed by atoms with Crippen LogP contribution in [-0.4, -0.2) is 79.4 Å². The molecule has 13 heteroatoms. The first kappa shape index (κ1) is 26.5. The molecule has 0 saturated carbocycles. The number of carboxylic acids is 2. The van der Waals surface area contributed by atoms with E-state index in [0.29, 0.717) is 11.1 Å². The van der Waals surface area contributed by atoms with Gasteiger partial charge in [-0.25, -0.2) is 4.79 Å². The molecule has 3 unspecified atom stereocenters. The van der Waals surface area contributed by atoms with Crippen LogP contribution in [0.1, 0.15) is 47.8 Å². The number of hydrogen-bond donors (Lipinski definition) is 5. The van der Waals surface area contributed by atoms with Gasteiger partial charge in [-0.1, -0.05) is 6.07 Å². The second-order valence-electron chi connectivity index (χ2n) is 9.18. The van der Waals surface area contributed by atoms with Gasteiger partial charge in [0.2, 0.25) is 0 Å². The molecule has 11 nitrogen and oxygen atoms in total. The van der Waals surface area contributed by atoms with Crippen molar-refractivity contribution in [1.82, 2.24) is 10.4 Å². The number of β-lactam (4-membered cyclic amide) rings is 1. The Morgan fingerprint density at radius 2 is 1.86 bits per heavy atom. The van der Waals surface area contributed by atoms with Crippen molar-refractivity contribution in [2.24, 2.45) is 5.73 Å². The molecule has 2 saturated heterocycles. The Morgan fingerprint density at radius 1 is 1.19 bits per heavy atom. The fourth-order valence-electron chi connectivity index (χ4n) is 4.85. The van der Waals surface area contributed by atoms with Crippen molar-refractivity contribution in [2.45, 2.75) is 41.6 Å². The maximum atomic E-state index is 13.1. The second-order valence-corrected chi connectivity index (χ2v) is 12.1. The third-order valence-electron chi connectivity index (χ3n) is 6.60. The number of thioether (sulfide) groups is 1. The van der Waals surface area contributed by atoms with E-state index >= 15 is 0 Å². The van der Waals surface area contributed by atoms with Crippen LogP contribution in [0.2, 0.25) is 0 Å². The standard InChI is InChI=1S/C23H22N3O8S.Na/c1-21(2)23(20(32)33,25-34-17-6-4-3-5-14(17)19(30)31)26-18(29)10-22(26,35-21)15-9-12(28)7-8-13(15)16(24)11-27;/h3-9,16,25,28H,10,24H2,1-2H3,(H,30,31)(H,32,33);. The van der Waals surface area contributed by atoms with Crippen molar-refractivity contribution >= 4 is 60.6 Å². The summed E-state index contributed by atoms with van der Waals surface area (Å²) in [5.74, 6) is -3.51. The van der Waals surface area contributed by atoms with Gasteiger partial charge in [0, 0.05) is 0 Å². The third-order valence-corrected chi connectivity index (χ3v) is 8.91. The van der Waals surface area contributed by atoms with E-state index in [1.807, 2.05) is 0 Å². The summed E-state index contributed by atoms with van der Waals surface area (Å²) in [6, 6.07) is 8.94. The maximum absolute atomic E-state index is 13.1. The van der Waals surface area contributed by atoms with Gasteiger partial charge in [0.1, 0.15) is 0 Å². The second kappa shape index (κ2) is 9.05. The molecule has 0 radical (unpaired) electrons. The van der Waals surface area contributed by atoms with Gasteiger partial charge in [-0.15, -0.1) is 0 Å². The Morgan fingerprint density at radius 3 is 2.44 bits per heavy atom. The van der Waals surface area contributed by atoms with Crippen LogP contribution >= 0.6 is 11.8 Å². The molecule has 2 heterocycles. The minimum atomic E-state index is -2.16. The van der Waals surface area contributed by atoms with Crippen LogP contribution in [0.4, 0.5) is 0 Å². The average molecular weight is 523 g/mol. The molecule has 0 bridgehead atoms. The van der Waals surface area contributed by atoms with Crippen molar-refractivity contribution in [3.05, 3.63) is 59.2 Å². The molecular weight excluding hydrogens is 501 g/mol. The van der Waals surface area contributed by atoms with Gasteiger partial charge in [0.25, 0.3) is 0 Å². The number of hydrogen-bond acceptors (Lipinski definition) is 9. The number of phenolic OH excluding ortho intramolecular Hbond substituents is 1. The first-order chi connectivity index (χ1) is 16.8. The van der Waals surface area contributed by atoms with Gasteiger partial charge in [0.05, 0.1) is 0 Å². The number of fused-ring (bicyclic) bond motifs is 1. The van der Waals surface area contributed by atoms with Gasteiger partial charge >= 0.3 is 212 Å². The van der Waals surface area contributed by atoms with E-state index < -0.39 is 39.2 Å². The Kier molecular flexibility index (Phi) is 6.65. The number of rotatable bonds is 8. The third kappa shape index (κ3) is 3.80. The summed E-state index contributed by atoms with van der Waals surface area (Å²) in [7, 11) is 0. The number of nitrogens with zero attached hydrogens (tertiary/aromatic N) is 1. The Bertz CT molecular complexity index is 1300. The summed E-state index contributed by atoms with van der Waals surface area (Å²) in [5, 5.41) is 30.2. The molecule has 4 rings (SSSR count). The molecule has 2 aliphatic rings. The molecular formula is C23H22N3NaO8S. The fraction of sp³-hybridized carbons (Fsp3) is 0.304. The quantitative estimate of drug-likeness (QED) is 0.190. The number of carbonyl (C=O) groups excluding carboxylic acids is 2. The number of phenols is 1. The van der Waals surface area contributed by atoms with Crippen LogP contribution in [0.3, 0.4) is 0 Å². The Hall–Kier alpha value is -2.61. The van der Waals surface area contributed by atoms with Gasteiger partial charge in [0.15, 0.2) is 0 Å². The molecule has 2 aliphatic heterocycles. The van der Waals surface area contributed by atoms with E-state index in [1.54, 1.807) is 13.8 Å². The molecule has 184 valence electrons. The summed E-state index contributed by atoms with van der Waals surface area (Å²) >= 11 is 1.32. The Labute approximate surface area is 227 Å². The van der Waals surface area contributed by atoms with Crippen molar-refractivity contribution in [1.29, 1.82) is 0 Å². The molecule has 36 heavy (non-hydrogen) atoms. The molecule has 2 aromatic carbocycles. The van der Waals surface area contributed by atoms with Crippen LogP contribution in [0.25, 0.3) is 0 Å². The zero-order valence-corrected chi connectivity index (χ0v) is 22.5. The summed E-state index contributed by atoms with van der Waals surface area (Å²) in [4.78, 5) is 55.2. The molecule has 6 N–H and O–H groups in total. The predicted octanol–water partition coefficient (Wildman–Crippen LogP) is 1.06. The normalized spacial score (nSPS) is 25.0. The van der Waals surface area contributed by atoms with E-state index in [4.69, 9.17) is 10.6 Å². The molecule has 2 fully saturated rings. The number of amides is 1. The summed E-state index contributed by atoms with van der Waals surface area (Å²) in [6.07, 6.45) is -0.109. The monoisotopic (exact) mass is 523 g/mol. The predicted molar refractivity (Wildman–Crippen MR) is 128 cm³/mol. The van der Waals surface area contributed by atoms with Crippen LogP contribution in [0, 0.1) is 0 Å². The number of nitrogens with two attached hydrogens (primary N) is 1. The Balaban J connectivity index is 1.86. The van der Waals surface area contributed by atoms with Gasteiger partial charge in [-0.05, 0) is 0 Å².